The van der Waals surface area contributed by atoms with E-state index < -0.39 is 18.1 Å². The lowest BCUT2D eigenvalue weighted by Crippen LogP contribution is -2.64. The molecule has 0 unspecified atom stereocenters. The third-order valence-corrected chi connectivity index (χ3v) is 12.4. The van der Waals surface area contributed by atoms with Crippen LogP contribution in [-0.2, 0) is 10.0 Å². The lowest BCUT2D eigenvalue weighted by Gasteiger charge is -2.37. The van der Waals surface area contributed by atoms with E-state index in [1.807, 2.05) is 85.8 Å². The standard InChI is InChI=1S/C27H27NO2SSi/c1-22-18-20-24(21-19-22)31(29,30)28-27(23-12-6-3-7-13-23)32(2,25-14-8-4-9-15-25)26-16-10-5-11-17-26/h3-21,27-28H,1-2H3/t27-/m0/s1. The maximum absolute atomic E-state index is 13.5. The van der Waals surface area contributed by atoms with Gasteiger partial charge in [0.05, 0.1) is 4.90 Å². The average Bonchev–Trinajstić information content (AvgIpc) is 2.84. The van der Waals surface area contributed by atoms with E-state index in [0.717, 1.165) is 11.1 Å². The summed E-state index contributed by atoms with van der Waals surface area (Å²) < 4.78 is 30.2. The lowest BCUT2D eigenvalue weighted by molar-refractivity contribution is 0.578. The van der Waals surface area contributed by atoms with Crippen LogP contribution in [0.5, 0.6) is 0 Å². The third kappa shape index (κ3) is 4.46. The number of hydrogen-bond donors (Lipinski definition) is 1. The van der Waals surface area contributed by atoms with Crippen molar-refractivity contribution in [1.82, 2.24) is 4.72 Å². The molecule has 32 heavy (non-hydrogen) atoms. The zero-order valence-electron chi connectivity index (χ0n) is 18.3. The average molecular weight is 458 g/mol. The molecule has 0 saturated carbocycles. The molecular weight excluding hydrogens is 430 g/mol. The zero-order chi connectivity index (χ0) is 22.6. The van der Waals surface area contributed by atoms with Crippen molar-refractivity contribution in [1.29, 1.82) is 0 Å². The van der Waals surface area contributed by atoms with E-state index in [-0.39, 0.29) is 10.6 Å². The highest BCUT2D eigenvalue weighted by Crippen LogP contribution is 2.27. The predicted octanol–water partition coefficient (Wildman–Crippen LogP) is 4.45. The Hall–Kier alpha value is -2.99. The molecule has 0 heterocycles. The van der Waals surface area contributed by atoms with E-state index in [0.29, 0.717) is 0 Å². The van der Waals surface area contributed by atoms with E-state index in [9.17, 15) is 8.42 Å². The van der Waals surface area contributed by atoms with Gasteiger partial charge in [0.15, 0.2) is 0 Å². The van der Waals surface area contributed by atoms with Crippen molar-refractivity contribution in [3.63, 3.8) is 0 Å². The highest BCUT2D eigenvalue weighted by Gasteiger charge is 2.43. The van der Waals surface area contributed by atoms with Gasteiger partial charge in [-0.25, -0.2) is 13.1 Å². The molecule has 0 aliphatic rings. The molecular formula is C27H27NO2SSi. The molecule has 0 aromatic heterocycles. The van der Waals surface area contributed by atoms with Crippen molar-refractivity contribution >= 4 is 28.5 Å². The van der Waals surface area contributed by atoms with Crippen molar-refractivity contribution < 1.29 is 8.42 Å². The van der Waals surface area contributed by atoms with Crippen LogP contribution in [0.25, 0.3) is 0 Å². The van der Waals surface area contributed by atoms with Crippen molar-refractivity contribution in [3.8, 4) is 0 Å². The second-order valence-corrected chi connectivity index (χ2v) is 14.1. The van der Waals surface area contributed by atoms with E-state index in [1.54, 1.807) is 12.1 Å². The number of aryl methyl sites for hydroxylation is 1. The van der Waals surface area contributed by atoms with Crippen LogP contribution in [0.15, 0.2) is 120 Å². The highest BCUT2D eigenvalue weighted by atomic mass is 32.2. The highest BCUT2D eigenvalue weighted by molar-refractivity contribution is 7.89. The molecule has 0 spiro atoms. The summed E-state index contributed by atoms with van der Waals surface area (Å²) >= 11 is 0. The molecule has 0 radical (unpaired) electrons. The van der Waals surface area contributed by atoms with Gasteiger partial charge in [0, 0.05) is 5.67 Å². The van der Waals surface area contributed by atoms with Gasteiger partial charge in [-0.05, 0) is 24.6 Å². The summed E-state index contributed by atoms with van der Waals surface area (Å²) in [4.78, 5) is 0.279. The number of benzene rings is 4. The van der Waals surface area contributed by atoms with E-state index in [4.69, 9.17) is 0 Å². The first-order valence-electron chi connectivity index (χ1n) is 10.7. The maximum Gasteiger partial charge on any atom is 0.240 e. The summed E-state index contributed by atoms with van der Waals surface area (Å²) in [5, 5.41) is 2.35. The van der Waals surface area contributed by atoms with E-state index in [1.165, 1.54) is 10.4 Å². The van der Waals surface area contributed by atoms with Gasteiger partial charge < -0.3 is 0 Å². The van der Waals surface area contributed by atoms with Crippen molar-refractivity contribution in [2.24, 2.45) is 0 Å². The Labute approximate surface area is 191 Å². The molecule has 4 aromatic carbocycles. The van der Waals surface area contributed by atoms with Gasteiger partial charge in [0.25, 0.3) is 0 Å². The van der Waals surface area contributed by atoms with Crippen molar-refractivity contribution in [2.45, 2.75) is 24.0 Å². The molecule has 0 saturated heterocycles. The zero-order valence-corrected chi connectivity index (χ0v) is 20.1. The lowest BCUT2D eigenvalue weighted by atomic mass is 10.2. The first kappa shape index (κ1) is 22.2. The topological polar surface area (TPSA) is 46.2 Å². The molecule has 5 heteroatoms. The molecule has 0 fully saturated rings. The fourth-order valence-corrected chi connectivity index (χ4v) is 10.3. The Morgan fingerprint density at radius 1 is 0.656 bits per heavy atom. The largest absolute Gasteiger partial charge is 0.240 e. The first-order chi connectivity index (χ1) is 15.4. The molecule has 0 amide bonds. The van der Waals surface area contributed by atoms with Crippen LogP contribution in [0.3, 0.4) is 0 Å². The monoisotopic (exact) mass is 457 g/mol. The number of sulfonamides is 1. The van der Waals surface area contributed by atoms with Crippen LogP contribution in [0.4, 0.5) is 0 Å². The quantitative estimate of drug-likeness (QED) is 0.417. The maximum atomic E-state index is 13.5. The summed E-state index contributed by atoms with van der Waals surface area (Å²) in [6.45, 7) is 4.19. The second kappa shape index (κ2) is 9.24. The summed E-state index contributed by atoms with van der Waals surface area (Å²) in [7, 11) is -6.35. The molecule has 1 N–H and O–H groups in total. The van der Waals surface area contributed by atoms with Crippen LogP contribution in [0.1, 0.15) is 16.8 Å². The number of rotatable bonds is 7. The fourth-order valence-electron chi connectivity index (χ4n) is 4.17. The smallest absolute Gasteiger partial charge is 0.207 e. The van der Waals surface area contributed by atoms with Crippen LogP contribution in [0.2, 0.25) is 6.55 Å². The van der Waals surface area contributed by atoms with Gasteiger partial charge in [0.2, 0.25) is 10.0 Å². The Bertz CT molecular complexity index is 1220. The van der Waals surface area contributed by atoms with Gasteiger partial charge in [-0.1, -0.05) is 126 Å². The normalized spacial score (nSPS) is 12.9. The summed E-state index contributed by atoms with van der Waals surface area (Å²) in [5.74, 6) is 0. The summed E-state index contributed by atoms with van der Waals surface area (Å²) in [6, 6.07) is 37.5. The second-order valence-electron chi connectivity index (χ2n) is 8.21. The minimum absolute atomic E-state index is 0.279. The summed E-state index contributed by atoms with van der Waals surface area (Å²) in [5.41, 5.74) is 1.60. The minimum atomic E-state index is -3.74. The molecule has 0 bridgehead atoms. The van der Waals surface area contributed by atoms with Gasteiger partial charge >= 0.3 is 0 Å². The Morgan fingerprint density at radius 3 is 1.56 bits per heavy atom. The number of hydrogen-bond acceptors (Lipinski definition) is 2. The molecule has 4 rings (SSSR count). The van der Waals surface area contributed by atoms with Crippen LogP contribution in [-0.4, -0.2) is 16.5 Å². The number of nitrogens with one attached hydrogen (secondary N) is 1. The predicted molar refractivity (Wildman–Crippen MR) is 134 cm³/mol. The van der Waals surface area contributed by atoms with Gasteiger partial charge in [0.1, 0.15) is 8.07 Å². The Kier molecular flexibility index (Phi) is 6.42. The first-order valence-corrected chi connectivity index (χ1v) is 14.7. The van der Waals surface area contributed by atoms with Crippen LogP contribution in [0, 0.1) is 6.92 Å². The molecule has 4 aromatic rings. The van der Waals surface area contributed by atoms with Crippen molar-refractivity contribution in [2.75, 3.05) is 0 Å². The van der Waals surface area contributed by atoms with Crippen molar-refractivity contribution in [3.05, 3.63) is 126 Å². The van der Waals surface area contributed by atoms with Crippen LogP contribution >= 0.6 is 0 Å². The van der Waals surface area contributed by atoms with Gasteiger partial charge in [-0.3, -0.25) is 0 Å². The SMILES string of the molecule is Cc1ccc(S(=O)(=O)N[C@H](c2ccccc2)[Si](C)(c2ccccc2)c2ccccc2)cc1. The van der Waals surface area contributed by atoms with E-state index in [2.05, 4.69) is 35.5 Å². The Balaban J connectivity index is 1.91. The van der Waals surface area contributed by atoms with Crippen LogP contribution < -0.4 is 15.1 Å². The molecule has 3 nitrogen and oxygen atoms in total. The van der Waals surface area contributed by atoms with Gasteiger partial charge in [-0.2, -0.15) is 0 Å². The van der Waals surface area contributed by atoms with E-state index >= 15 is 0 Å². The Morgan fingerprint density at radius 2 is 1.09 bits per heavy atom. The third-order valence-electron chi connectivity index (χ3n) is 6.06. The van der Waals surface area contributed by atoms with Gasteiger partial charge in [-0.15, -0.1) is 0 Å². The minimum Gasteiger partial charge on any atom is -0.207 e. The molecule has 1 atom stereocenters. The molecule has 0 aliphatic carbocycles. The molecule has 162 valence electrons. The summed E-state index contributed by atoms with van der Waals surface area (Å²) in [6.07, 6.45) is 0. The molecule has 0 aliphatic heterocycles. The fraction of sp³-hybridized carbons (Fsp3) is 0.111.